The lowest BCUT2D eigenvalue weighted by Crippen LogP contribution is -2.43. The molecule has 1 unspecified atom stereocenters. The predicted octanol–water partition coefficient (Wildman–Crippen LogP) is 4.01. The number of hydrogen-bond acceptors (Lipinski definition) is 3. The molecule has 1 fully saturated rings. The topological polar surface area (TPSA) is 32.7 Å². The zero-order valence-corrected chi connectivity index (χ0v) is 15.3. The van der Waals surface area contributed by atoms with Crippen LogP contribution in [0.15, 0.2) is 12.1 Å². The van der Waals surface area contributed by atoms with E-state index in [1.165, 1.54) is 48.8 Å². The molecule has 23 heavy (non-hydrogen) atoms. The third-order valence-corrected chi connectivity index (χ3v) is 5.14. The first-order valence-electron chi connectivity index (χ1n) is 9.14. The molecule has 0 amide bonds. The molecule has 1 N–H and O–H groups in total. The molecule has 1 aromatic rings. The highest BCUT2D eigenvalue weighted by atomic mass is 16.5. The normalized spacial score (nSPS) is 17.5. The largest absolute Gasteiger partial charge is 0.491 e. The average molecular weight is 319 g/mol. The van der Waals surface area contributed by atoms with Gasteiger partial charge in [0.25, 0.3) is 0 Å². The predicted molar refractivity (Wildman–Crippen MR) is 96.3 cm³/mol. The lowest BCUT2D eigenvalue weighted by Gasteiger charge is -2.34. The summed E-state index contributed by atoms with van der Waals surface area (Å²) < 4.78 is 5.92. The van der Waals surface area contributed by atoms with Gasteiger partial charge in [-0.3, -0.25) is 4.90 Å². The second-order valence-corrected chi connectivity index (χ2v) is 7.05. The van der Waals surface area contributed by atoms with Crippen molar-refractivity contribution in [3.05, 3.63) is 28.8 Å². The van der Waals surface area contributed by atoms with Crippen LogP contribution in [0.3, 0.4) is 0 Å². The Hall–Kier alpha value is -1.06. The van der Waals surface area contributed by atoms with Gasteiger partial charge in [-0.15, -0.1) is 0 Å². The summed E-state index contributed by atoms with van der Waals surface area (Å²) in [6, 6.07) is 4.88. The Kier molecular flexibility index (Phi) is 6.91. The maximum Gasteiger partial charge on any atom is 0.122 e. The molecule has 0 aromatic heterocycles. The highest BCUT2D eigenvalue weighted by molar-refractivity contribution is 5.41. The molecule has 2 rings (SSSR count). The van der Waals surface area contributed by atoms with Crippen molar-refractivity contribution < 1.29 is 9.84 Å². The number of hydrogen-bond donors (Lipinski definition) is 1. The van der Waals surface area contributed by atoms with Crippen LogP contribution in [0.4, 0.5) is 0 Å². The number of aryl methyl sites for hydroxylation is 2. The Morgan fingerprint density at radius 2 is 1.87 bits per heavy atom. The van der Waals surface area contributed by atoms with E-state index in [1.54, 1.807) is 0 Å². The van der Waals surface area contributed by atoms with Gasteiger partial charge < -0.3 is 9.84 Å². The van der Waals surface area contributed by atoms with Crippen molar-refractivity contribution in [3.8, 4) is 5.75 Å². The Morgan fingerprint density at radius 3 is 2.52 bits per heavy atom. The average Bonchev–Trinajstić information content (AvgIpc) is 2.55. The van der Waals surface area contributed by atoms with E-state index in [0.717, 1.165) is 12.3 Å². The van der Waals surface area contributed by atoms with Crippen LogP contribution in [0.5, 0.6) is 5.75 Å². The molecule has 1 aliphatic rings. The molecule has 1 atom stereocenters. The third-order valence-electron chi connectivity index (χ3n) is 5.14. The van der Waals surface area contributed by atoms with Crippen LogP contribution in [-0.2, 0) is 0 Å². The van der Waals surface area contributed by atoms with Crippen LogP contribution in [0.25, 0.3) is 0 Å². The van der Waals surface area contributed by atoms with Crippen LogP contribution in [-0.4, -0.2) is 41.8 Å². The number of rotatable bonds is 7. The van der Waals surface area contributed by atoms with Gasteiger partial charge in [-0.2, -0.15) is 0 Å². The summed E-state index contributed by atoms with van der Waals surface area (Å²) in [5, 5.41) is 10.4. The minimum Gasteiger partial charge on any atom is -0.491 e. The maximum atomic E-state index is 10.4. The van der Waals surface area contributed by atoms with E-state index in [9.17, 15) is 5.11 Å². The van der Waals surface area contributed by atoms with Gasteiger partial charge in [0.15, 0.2) is 0 Å². The fourth-order valence-corrected chi connectivity index (χ4v) is 3.64. The highest BCUT2D eigenvalue weighted by Gasteiger charge is 2.22. The van der Waals surface area contributed by atoms with Crippen LogP contribution in [0, 0.1) is 20.8 Å². The monoisotopic (exact) mass is 319 g/mol. The molecule has 130 valence electrons. The van der Waals surface area contributed by atoms with E-state index >= 15 is 0 Å². The smallest absolute Gasteiger partial charge is 0.122 e. The molecule has 0 heterocycles. The van der Waals surface area contributed by atoms with E-state index in [4.69, 9.17) is 4.74 Å². The quantitative estimate of drug-likeness (QED) is 0.824. The number of likely N-dealkylation sites (N-methyl/N-ethyl adjacent to an activating group) is 1. The van der Waals surface area contributed by atoms with Gasteiger partial charge in [0, 0.05) is 12.6 Å². The molecule has 1 saturated carbocycles. The van der Waals surface area contributed by atoms with Crippen LogP contribution in [0.1, 0.15) is 55.7 Å². The Bertz CT molecular complexity index is 495. The molecule has 0 aliphatic heterocycles. The fraction of sp³-hybridized carbons (Fsp3) is 0.700. The Morgan fingerprint density at radius 1 is 1.17 bits per heavy atom. The maximum absolute atomic E-state index is 10.4. The number of nitrogens with zero attached hydrogens (tertiary/aromatic N) is 1. The lowest BCUT2D eigenvalue weighted by molar-refractivity contribution is 0.0461. The molecule has 0 bridgehead atoms. The van der Waals surface area contributed by atoms with E-state index in [0.29, 0.717) is 19.2 Å². The minimum absolute atomic E-state index is 0.368. The van der Waals surface area contributed by atoms with Crippen LogP contribution < -0.4 is 4.74 Å². The molecule has 3 heteroatoms. The Labute approximate surface area is 141 Å². The second kappa shape index (κ2) is 8.70. The van der Waals surface area contributed by atoms with Crippen molar-refractivity contribution in [3.63, 3.8) is 0 Å². The first-order chi connectivity index (χ1) is 11.0. The van der Waals surface area contributed by atoms with Gasteiger partial charge in [-0.25, -0.2) is 0 Å². The summed E-state index contributed by atoms with van der Waals surface area (Å²) in [7, 11) is 0. The number of aliphatic hydroxyl groups excluding tert-OH is 1. The van der Waals surface area contributed by atoms with Crippen molar-refractivity contribution >= 4 is 0 Å². The Balaban J connectivity index is 1.87. The molecule has 3 nitrogen and oxygen atoms in total. The number of benzene rings is 1. The number of aliphatic hydroxyl groups is 1. The summed E-state index contributed by atoms with van der Waals surface area (Å²) in [4.78, 5) is 2.43. The third kappa shape index (κ3) is 5.22. The molecular weight excluding hydrogens is 286 g/mol. The van der Waals surface area contributed by atoms with Gasteiger partial charge >= 0.3 is 0 Å². The van der Waals surface area contributed by atoms with Gasteiger partial charge in [-0.1, -0.05) is 32.3 Å². The van der Waals surface area contributed by atoms with Gasteiger partial charge in [-0.05, 0) is 62.9 Å². The summed E-state index contributed by atoms with van der Waals surface area (Å²) in [5.41, 5.74) is 3.62. The molecule has 0 spiro atoms. The van der Waals surface area contributed by atoms with E-state index in [-0.39, 0.29) is 0 Å². The standard InChI is InChI=1S/C20H33NO2/c1-5-21(18-9-7-6-8-10-18)13-19(22)14-23-20-12-15(2)11-16(3)17(20)4/h11-12,18-19,22H,5-10,13-14H2,1-4H3. The van der Waals surface area contributed by atoms with Crippen molar-refractivity contribution in [2.45, 2.75) is 71.9 Å². The van der Waals surface area contributed by atoms with Crippen LogP contribution >= 0.6 is 0 Å². The van der Waals surface area contributed by atoms with E-state index in [2.05, 4.69) is 44.7 Å². The molecule has 1 aromatic carbocycles. The second-order valence-electron chi connectivity index (χ2n) is 7.05. The number of ether oxygens (including phenoxy) is 1. The molecule has 0 radical (unpaired) electrons. The zero-order valence-electron chi connectivity index (χ0n) is 15.3. The van der Waals surface area contributed by atoms with Gasteiger partial charge in [0.1, 0.15) is 18.5 Å². The summed E-state index contributed by atoms with van der Waals surface area (Å²) in [6.07, 6.45) is 6.14. The summed E-state index contributed by atoms with van der Waals surface area (Å²) >= 11 is 0. The molecular formula is C20H33NO2. The van der Waals surface area contributed by atoms with E-state index < -0.39 is 6.10 Å². The fourth-order valence-electron chi connectivity index (χ4n) is 3.64. The molecule has 0 saturated heterocycles. The summed E-state index contributed by atoms with van der Waals surface area (Å²) in [6.45, 7) is 10.5. The minimum atomic E-state index is -0.433. The highest BCUT2D eigenvalue weighted by Crippen LogP contribution is 2.24. The van der Waals surface area contributed by atoms with Crippen molar-refractivity contribution in [2.75, 3.05) is 19.7 Å². The summed E-state index contributed by atoms with van der Waals surface area (Å²) in [5.74, 6) is 0.905. The first kappa shape index (κ1) is 18.3. The van der Waals surface area contributed by atoms with Crippen molar-refractivity contribution in [1.82, 2.24) is 4.90 Å². The lowest BCUT2D eigenvalue weighted by atomic mass is 9.94. The molecule has 1 aliphatic carbocycles. The van der Waals surface area contributed by atoms with Crippen molar-refractivity contribution in [1.29, 1.82) is 0 Å². The first-order valence-corrected chi connectivity index (χ1v) is 9.14. The van der Waals surface area contributed by atoms with Crippen LogP contribution in [0.2, 0.25) is 0 Å². The zero-order chi connectivity index (χ0) is 16.8. The van der Waals surface area contributed by atoms with Crippen molar-refractivity contribution in [2.24, 2.45) is 0 Å². The SMILES string of the molecule is CCN(CC(O)COc1cc(C)cc(C)c1C)C1CCCCC1. The van der Waals surface area contributed by atoms with Gasteiger partial charge in [0.05, 0.1) is 0 Å². The van der Waals surface area contributed by atoms with Gasteiger partial charge in [0.2, 0.25) is 0 Å². The van der Waals surface area contributed by atoms with E-state index in [1.807, 2.05) is 0 Å².